The minimum Gasteiger partial charge on any atom is -0.478 e. The maximum Gasteiger partial charge on any atom is 0.338 e. The number of nitro benzene ring substituents is 1. The molecule has 2 aromatic rings. The van der Waals surface area contributed by atoms with Crippen LogP contribution >= 0.6 is 0 Å². The van der Waals surface area contributed by atoms with E-state index in [1.165, 1.54) is 0 Å². The second-order valence-electron chi connectivity index (χ2n) is 4.22. The van der Waals surface area contributed by atoms with Crippen LogP contribution in [-0.2, 0) is 13.6 Å². The van der Waals surface area contributed by atoms with E-state index in [4.69, 9.17) is 5.11 Å². The summed E-state index contributed by atoms with van der Waals surface area (Å²) in [6, 6.07) is 1.49. The highest BCUT2D eigenvalue weighted by atomic mass is 19.1. The number of hydrogen-bond donors (Lipinski definition) is 2. The van der Waals surface area contributed by atoms with Gasteiger partial charge in [-0.25, -0.2) is 14.2 Å². The minimum atomic E-state index is -1.56. The zero-order chi connectivity index (χ0) is 15.6. The number of nitrogens with one attached hydrogen (secondary N) is 1. The van der Waals surface area contributed by atoms with Gasteiger partial charge in [-0.1, -0.05) is 0 Å². The predicted octanol–water partition coefficient (Wildman–Crippen LogP) is 1.78. The number of carboxylic acids is 1. The third-order valence-electron chi connectivity index (χ3n) is 2.87. The molecule has 110 valence electrons. The Kier molecular flexibility index (Phi) is 3.83. The standard InChI is InChI=1S/C12H11FN4O4/c1-16-3-2-14-11(16)6-15-9-5-8(13)7(12(18)19)4-10(9)17(20)21/h2-5,15H,6H2,1H3,(H,18,19). The molecule has 0 radical (unpaired) electrons. The Labute approximate surface area is 118 Å². The van der Waals surface area contributed by atoms with Crippen molar-refractivity contribution in [1.29, 1.82) is 0 Å². The molecule has 0 saturated heterocycles. The van der Waals surface area contributed by atoms with E-state index in [1.54, 1.807) is 24.0 Å². The lowest BCUT2D eigenvalue weighted by Crippen LogP contribution is -2.09. The summed E-state index contributed by atoms with van der Waals surface area (Å²) in [5, 5.41) is 22.4. The lowest BCUT2D eigenvalue weighted by molar-refractivity contribution is -0.384. The van der Waals surface area contributed by atoms with Crippen LogP contribution in [0.2, 0.25) is 0 Å². The van der Waals surface area contributed by atoms with Crippen LogP contribution in [0, 0.1) is 15.9 Å². The van der Waals surface area contributed by atoms with E-state index >= 15 is 0 Å². The van der Waals surface area contributed by atoms with E-state index < -0.39 is 28.0 Å². The van der Waals surface area contributed by atoms with Crippen molar-refractivity contribution in [3.05, 3.63) is 51.8 Å². The molecule has 0 aliphatic rings. The number of halogens is 1. The molecule has 0 aliphatic heterocycles. The number of imidazole rings is 1. The summed E-state index contributed by atoms with van der Waals surface area (Å²) in [5.41, 5.74) is -1.36. The van der Waals surface area contributed by atoms with Gasteiger partial charge in [-0.15, -0.1) is 0 Å². The second-order valence-corrected chi connectivity index (χ2v) is 4.22. The van der Waals surface area contributed by atoms with E-state index in [-0.39, 0.29) is 12.2 Å². The third-order valence-corrected chi connectivity index (χ3v) is 2.87. The molecular weight excluding hydrogens is 283 g/mol. The fourth-order valence-corrected chi connectivity index (χ4v) is 1.76. The molecule has 0 spiro atoms. The van der Waals surface area contributed by atoms with E-state index in [0.29, 0.717) is 11.9 Å². The highest BCUT2D eigenvalue weighted by Gasteiger charge is 2.21. The molecule has 0 saturated carbocycles. The average molecular weight is 294 g/mol. The number of carbonyl (C=O) groups is 1. The number of aryl methyl sites for hydroxylation is 1. The number of benzene rings is 1. The molecule has 0 amide bonds. The van der Waals surface area contributed by atoms with Crippen molar-refractivity contribution >= 4 is 17.3 Å². The number of aromatic carboxylic acids is 1. The van der Waals surface area contributed by atoms with Gasteiger partial charge in [-0.05, 0) is 0 Å². The lowest BCUT2D eigenvalue weighted by Gasteiger charge is -2.08. The Morgan fingerprint density at radius 2 is 2.29 bits per heavy atom. The molecular formula is C12H11FN4O4. The highest BCUT2D eigenvalue weighted by Crippen LogP contribution is 2.28. The highest BCUT2D eigenvalue weighted by molar-refractivity contribution is 5.90. The molecule has 1 aromatic heterocycles. The maximum atomic E-state index is 13.6. The number of rotatable bonds is 5. The van der Waals surface area contributed by atoms with Crippen molar-refractivity contribution < 1.29 is 19.2 Å². The van der Waals surface area contributed by atoms with E-state index in [0.717, 1.165) is 6.07 Å². The van der Waals surface area contributed by atoms with Gasteiger partial charge in [0.1, 0.15) is 22.9 Å². The van der Waals surface area contributed by atoms with Crippen molar-refractivity contribution in [3.8, 4) is 0 Å². The Bertz CT molecular complexity index is 713. The summed E-state index contributed by atoms with van der Waals surface area (Å²) in [5.74, 6) is -2.02. The maximum absolute atomic E-state index is 13.6. The molecule has 1 aromatic carbocycles. The summed E-state index contributed by atoms with van der Waals surface area (Å²) >= 11 is 0. The molecule has 0 bridgehead atoms. The topological polar surface area (TPSA) is 110 Å². The van der Waals surface area contributed by atoms with Crippen molar-refractivity contribution in [2.45, 2.75) is 6.54 Å². The summed E-state index contributed by atoms with van der Waals surface area (Å²) in [6.07, 6.45) is 3.25. The number of carboxylic acid groups (broad SMARTS) is 1. The smallest absolute Gasteiger partial charge is 0.338 e. The van der Waals surface area contributed by atoms with Crippen molar-refractivity contribution in [3.63, 3.8) is 0 Å². The quantitative estimate of drug-likeness (QED) is 0.642. The Morgan fingerprint density at radius 3 is 2.81 bits per heavy atom. The molecule has 0 atom stereocenters. The molecule has 2 N–H and O–H groups in total. The predicted molar refractivity (Wildman–Crippen MR) is 70.5 cm³/mol. The van der Waals surface area contributed by atoms with Gasteiger partial charge >= 0.3 is 5.97 Å². The zero-order valence-corrected chi connectivity index (χ0v) is 10.9. The molecule has 2 rings (SSSR count). The summed E-state index contributed by atoms with van der Waals surface area (Å²) in [4.78, 5) is 25.0. The number of nitrogens with zero attached hydrogens (tertiary/aromatic N) is 3. The first-order valence-electron chi connectivity index (χ1n) is 5.81. The Morgan fingerprint density at radius 1 is 1.57 bits per heavy atom. The Hall–Kier alpha value is -2.97. The molecule has 9 heteroatoms. The number of hydrogen-bond acceptors (Lipinski definition) is 5. The van der Waals surface area contributed by atoms with E-state index in [1.807, 2.05) is 0 Å². The first kappa shape index (κ1) is 14.4. The van der Waals surface area contributed by atoms with Crippen LogP contribution in [0.1, 0.15) is 16.2 Å². The van der Waals surface area contributed by atoms with Gasteiger partial charge in [0.2, 0.25) is 0 Å². The monoisotopic (exact) mass is 294 g/mol. The largest absolute Gasteiger partial charge is 0.478 e. The lowest BCUT2D eigenvalue weighted by atomic mass is 10.1. The third kappa shape index (κ3) is 2.96. The van der Waals surface area contributed by atoms with Crippen LogP contribution < -0.4 is 5.32 Å². The van der Waals surface area contributed by atoms with Crippen molar-refractivity contribution in [2.24, 2.45) is 7.05 Å². The zero-order valence-electron chi connectivity index (χ0n) is 10.9. The molecule has 0 unspecified atom stereocenters. The molecule has 8 nitrogen and oxygen atoms in total. The normalized spacial score (nSPS) is 10.4. The van der Waals surface area contributed by atoms with Crippen molar-refractivity contribution in [1.82, 2.24) is 9.55 Å². The molecule has 21 heavy (non-hydrogen) atoms. The number of nitro groups is 1. The summed E-state index contributed by atoms with van der Waals surface area (Å²) < 4.78 is 15.3. The van der Waals surface area contributed by atoms with Gasteiger partial charge < -0.3 is 15.0 Å². The second kappa shape index (κ2) is 5.57. The van der Waals surface area contributed by atoms with Crippen LogP contribution in [0.15, 0.2) is 24.5 Å². The fraction of sp³-hybridized carbons (Fsp3) is 0.167. The van der Waals surface area contributed by atoms with Gasteiger partial charge in [0, 0.05) is 31.6 Å². The SMILES string of the molecule is Cn1ccnc1CNc1cc(F)c(C(=O)O)cc1[N+](=O)[O-]. The van der Waals surface area contributed by atoms with Gasteiger partial charge in [0.15, 0.2) is 0 Å². The number of anilines is 1. The molecule has 1 heterocycles. The van der Waals surface area contributed by atoms with Crippen LogP contribution in [0.25, 0.3) is 0 Å². The van der Waals surface area contributed by atoms with Gasteiger partial charge in [-0.3, -0.25) is 10.1 Å². The van der Waals surface area contributed by atoms with Gasteiger partial charge in [0.25, 0.3) is 5.69 Å². The average Bonchev–Trinajstić information content (AvgIpc) is 2.81. The van der Waals surface area contributed by atoms with Crippen LogP contribution in [0.5, 0.6) is 0 Å². The fourth-order valence-electron chi connectivity index (χ4n) is 1.76. The summed E-state index contributed by atoms with van der Waals surface area (Å²) in [6.45, 7) is 0.135. The van der Waals surface area contributed by atoms with E-state index in [9.17, 15) is 19.3 Å². The molecule has 0 aliphatic carbocycles. The molecule has 0 fully saturated rings. The number of aromatic nitrogens is 2. The minimum absolute atomic E-state index is 0.106. The first-order valence-corrected chi connectivity index (χ1v) is 5.81. The first-order chi connectivity index (χ1) is 9.90. The van der Waals surface area contributed by atoms with Crippen LogP contribution in [-0.4, -0.2) is 25.6 Å². The van der Waals surface area contributed by atoms with E-state index in [2.05, 4.69) is 10.3 Å². The van der Waals surface area contributed by atoms with Crippen molar-refractivity contribution in [2.75, 3.05) is 5.32 Å². The Balaban J connectivity index is 2.34. The van der Waals surface area contributed by atoms with Crippen LogP contribution in [0.4, 0.5) is 15.8 Å². The van der Waals surface area contributed by atoms with Gasteiger partial charge in [-0.2, -0.15) is 0 Å². The summed E-state index contributed by atoms with van der Waals surface area (Å²) in [7, 11) is 1.74. The van der Waals surface area contributed by atoms with Crippen LogP contribution in [0.3, 0.4) is 0 Å². The van der Waals surface area contributed by atoms with Gasteiger partial charge in [0.05, 0.1) is 11.5 Å².